The predicted molar refractivity (Wildman–Crippen MR) is 167 cm³/mol. The number of thioether (sulfide) groups is 1. The van der Waals surface area contributed by atoms with Crippen LogP contribution in [-0.2, 0) is 20.9 Å². The Bertz CT molecular complexity index is 1570. The molecule has 1 amide bonds. The average Bonchev–Trinajstić information content (AvgIpc) is 3.07. The van der Waals surface area contributed by atoms with E-state index in [0.29, 0.717) is 23.5 Å². The second-order valence-corrected chi connectivity index (χ2v) is 11.7. The molecule has 0 spiro atoms. The molecule has 1 fully saturated rings. The number of ether oxygens (including phenoxy) is 3. The molecule has 0 bridgehead atoms. The van der Waals surface area contributed by atoms with E-state index >= 15 is 0 Å². The van der Waals surface area contributed by atoms with E-state index in [-0.39, 0.29) is 18.2 Å². The van der Waals surface area contributed by atoms with Crippen LogP contribution in [0, 0.1) is 10.1 Å². The van der Waals surface area contributed by atoms with Crippen molar-refractivity contribution in [1.29, 1.82) is 0 Å². The Morgan fingerprint density at radius 3 is 1.91 bits per heavy atom. The zero-order valence-corrected chi connectivity index (χ0v) is 25.4. The van der Waals surface area contributed by atoms with Crippen LogP contribution in [-0.4, -0.2) is 46.7 Å². The molecule has 2 atom stereocenters. The van der Waals surface area contributed by atoms with Crippen molar-refractivity contribution >= 4 is 29.3 Å². The largest absolute Gasteiger partial charge is 0.497 e. The maximum absolute atomic E-state index is 14.4. The van der Waals surface area contributed by atoms with Crippen LogP contribution in [0.5, 0.6) is 11.5 Å². The highest BCUT2D eigenvalue weighted by Crippen LogP contribution is 2.53. The van der Waals surface area contributed by atoms with Crippen LogP contribution in [0.2, 0.25) is 0 Å². The van der Waals surface area contributed by atoms with Gasteiger partial charge in [-0.2, -0.15) is 0 Å². The van der Waals surface area contributed by atoms with Gasteiger partial charge in [-0.15, -0.1) is 11.8 Å². The molecule has 44 heavy (non-hydrogen) atoms. The van der Waals surface area contributed by atoms with Crippen molar-refractivity contribution in [3.8, 4) is 11.5 Å². The molecule has 0 N–H and O–H groups in total. The van der Waals surface area contributed by atoms with E-state index in [1.807, 2.05) is 85.8 Å². The quantitative estimate of drug-likeness (QED) is 0.0763. The van der Waals surface area contributed by atoms with Crippen LogP contribution in [0.1, 0.15) is 36.1 Å². The number of esters is 1. The van der Waals surface area contributed by atoms with Crippen LogP contribution in [0.4, 0.5) is 5.69 Å². The number of methoxy groups -OCH3 is 2. The second-order valence-electron chi connectivity index (χ2n) is 10.3. The fraction of sp³-hybridized carbons (Fsp3) is 0.235. The van der Waals surface area contributed by atoms with Crippen LogP contribution in [0.15, 0.2) is 108 Å². The molecule has 2 unspecified atom stereocenters. The minimum absolute atomic E-state index is 0.0538. The van der Waals surface area contributed by atoms with E-state index < -0.39 is 27.7 Å². The molecule has 1 aliphatic rings. The monoisotopic (exact) mass is 612 g/mol. The summed E-state index contributed by atoms with van der Waals surface area (Å²) in [5.41, 5.74) is 2.14. The average molecular weight is 613 g/mol. The molecule has 0 saturated carbocycles. The summed E-state index contributed by atoms with van der Waals surface area (Å²) in [5, 5.41) is 11.1. The summed E-state index contributed by atoms with van der Waals surface area (Å²) < 4.78 is 15.5. The first-order valence-corrected chi connectivity index (χ1v) is 14.9. The number of nitro groups is 1. The molecule has 5 rings (SSSR count). The highest BCUT2D eigenvalue weighted by atomic mass is 32.2. The van der Waals surface area contributed by atoms with E-state index in [2.05, 4.69) is 0 Å². The maximum Gasteiger partial charge on any atom is 0.331 e. The number of nitro benzene ring substituents is 1. The zero-order chi connectivity index (χ0) is 31.3. The van der Waals surface area contributed by atoms with Gasteiger partial charge in [-0.05, 0) is 71.6 Å². The molecule has 0 aliphatic carbocycles. The van der Waals surface area contributed by atoms with Crippen molar-refractivity contribution in [1.82, 2.24) is 4.90 Å². The Morgan fingerprint density at radius 2 is 1.43 bits per heavy atom. The van der Waals surface area contributed by atoms with Gasteiger partial charge in [0, 0.05) is 17.0 Å². The van der Waals surface area contributed by atoms with Crippen molar-refractivity contribution in [2.75, 3.05) is 14.2 Å². The molecule has 10 heteroatoms. The van der Waals surface area contributed by atoms with Gasteiger partial charge < -0.3 is 19.1 Å². The second kappa shape index (κ2) is 13.2. The Balaban J connectivity index is 1.55. The lowest BCUT2D eigenvalue weighted by molar-refractivity contribution is -0.384. The number of nitrogens with zero attached hydrogens (tertiary/aromatic N) is 2. The van der Waals surface area contributed by atoms with Gasteiger partial charge >= 0.3 is 5.97 Å². The van der Waals surface area contributed by atoms with Crippen LogP contribution >= 0.6 is 11.8 Å². The molecule has 226 valence electrons. The highest BCUT2D eigenvalue weighted by molar-refractivity contribution is 8.01. The topological polar surface area (TPSA) is 108 Å². The van der Waals surface area contributed by atoms with Crippen molar-refractivity contribution in [3.05, 3.63) is 130 Å². The summed E-state index contributed by atoms with van der Waals surface area (Å²) in [7, 11) is 3.17. The Hall–Kier alpha value is -4.83. The summed E-state index contributed by atoms with van der Waals surface area (Å²) in [6.45, 7) is 1.80. The lowest BCUT2D eigenvalue weighted by Crippen LogP contribution is -2.75. The summed E-state index contributed by atoms with van der Waals surface area (Å²) in [4.78, 5) is 41.6. The van der Waals surface area contributed by atoms with Crippen LogP contribution in [0.3, 0.4) is 0 Å². The first-order valence-electron chi connectivity index (χ1n) is 14.1. The van der Waals surface area contributed by atoms with Gasteiger partial charge in [0.05, 0.1) is 25.2 Å². The van der Waals surface area contributed by atoms with Gasteiger partial charge in [0.25, 0.3) is 5.69 Å². The number of hydrogen-bond donors (Lipinski definition) is 0. The molecule has 1 heterocycles. The van der Waals surface area contributed by atoms with E-state index in [1.54, 1.807) is 31.3 Å². The van der Waals surface area contributed by atoms with Gasteiger partial charge in [0.1, 0.15) is 22.9 Å². The van der Waals surface area contributed by atoms with E-state index in [9.17, 15) is 19.7 Å². The normalized spacial score (nSPS) is 17.6. The number of β-lactam (4-membered cyclic amide) rings is 1. The molecule has 9 nitrogen and oxygen atoms in total. The van der Waals surface area contributed by atoms with E-state index in [1.165, 1.54) is 23.9 Å². The van der Waals surface area contributed by atoms with Crippen molar-refractivity contribution in [2.24, 2.45) is 0 Å². The SMILES string of the molecule is CCC1(Sc2ccccc2)C(=O)N(C(c2ccc(OC)cc2)c2ccc(OC)cc2)C1C(=O)OCc1ccc([N+](=O)[O-])cc1. The number of benzene rings is 4. The summed E-state index contributed by atoms with van der Waals surface area (Å²) >= 11 is 1.37. The number of hydrogen-bond acceptors (Lipinski definition) is 8. The van der Waals surface area contributed by atoms with Crippen molar-refractivity contribution in [2.45, 2.75) is 41.7 Å². The number of rotatable bonds is 12. The zero-order valence-electron chi connectivity index (χ0n) is 24.5. The highest BCUT2D eigenvalue weighted by Gasteiger charge is 2.66. The smallest absolute Gasteiger partial charge is 0.331 e. The van der Waals surface area contributed by atoms with Gasteiger partial charge in [-0.1, -0.05) is 49.4 Å². The first-order chi connectivity index (χ1) is 21.3. The molecule has 4 aromatic carbocycles. The Labute approximate surface area is 259 Å². The summed E-state index contributed by atoms with van der Waals surface area (Å²) in [6.07, 6.45) is 0.386. The summed E-state index contributed by atoms with van der Waals surface area (Å²) in [6, 6.07) is 28.7. The van der Waals surface area contributed by atoms with E-state index in [0.717, 1.165) is 16.0 Å². The Kier molecular flexibility index (Phi) is 9.20. The Morgan fingerprint density at radius 1 is 0.886 bits per heavy atom. The number of amides is 1. The molecule has 1 aliphatic heterocycles. The third-order valence-electron chi connectivity index (χ3n) is 7.78. The number of carbonyl (C=O) groups excluding carboxylic acids is 2. The lowest BCUT2D eigenvalue weighted by atomic mass is 9.79. The maximum atomic E-state index is 14.4. The van der Waals surface area contributed by atoms with Gasteiger partial charge in [-0.3, -0.25) is 14.9 Å². The molecular weight excluding hydrogens is 580 g/mol. The third-order valence-corrected chi connectivity index (χ3v) is 9.34. The van der Waals surface area contributed by atoms with Crippen molar-refractivity contribution in [3.63, 3.8) is 0 Å². The molecule has 4 aromatic rings. The fourth-order valence-electron chi connectivity index (χ4n) is 5.43. The van der Waals surface area contributed by atoms with Crippen molar-refractivity contribution < 1.29 is 28.7 Å². The van der Waals surface area contributed by atoms with Gasteiger partial charge in [0.2, 0.25) is 5.91 Å². The molecule has 1 saturated heterocycles. The van der Waals surface area contributed by atoms with Gasteiger partial charge in [-0.25, -0.2) is 4.79 Å². The molecule has 0 radical (unpaired) electrons. The summed E-state index contributed by atoms with van der Waals surface area (Å²) in [5.74, 6) is 0.598. The number of likely N-dealkylation sites (tertiary alicyclic amines) is 1. The van der Waals surface area contributed by atoms with E-state index in [4.69, 9.17) is 14.2 Å². The molecule has 0 aromatic heterocycles. The minimum atomic E-state index is -1.11. The predicted octanol–water partition coefficient (Wildman–Crippen LogP) is 6.60. The standard InChI is InChI=1S/C34H32N2O7S/c1-4-34(44-29-8-6-5-7-9-29)31(32(37)43-22-23-10-16-26(17-11-23)36(39)40)35(33(34)38)30(24-12-18-27(41-2)19-13-24)25-14-20-28(42-3)21-15-25/h5-21,30-31H,4,22H2,1-3H3. The fourth-order valence-corrected chi connectivity index (χ4v) is 6.80. The van der Waals surface area contributed by atoms with Crippen LogP contribution < -0.4 is 9.47 Å². The number of carbonyl (C=O) groups is 2. The molecular formula is C34H32N2O7S. The lowest BCUT2D eigenvalue weighted by Gasteiger charge is -2.56. The first kappa shape index (κ1) is 30.6. The van der Waals surface area contributed by atoms with Crippen LogP contribution in [0.25, 0.3) is 0 Å². The minimum Gasteiger partial charge on any atom is -0.497 e. The third kappa shape index (κ3) is 5.98. The van der Waals surface area contributed by atoms with Gasteiger partial charge in [0.15, 0.2) is 6.04 Å². The number of non-ortho nitro benzene ring substituents is 1.